The average Bonchev–Trinajstić information content (AvgIpc) is 2.86. The van der Waals surface area contributed by atoms with E-state index in [1.165, 1.54) is 18.1 Å². The van der Waals surface area contributed by atoms with Crippen LogP contribution in [0.15, 0.2) is 79.1 Å². The number of nitrogens with zero attached hydrogens (tertiary/aromatic N) is 5. The summed E-state index contributed by atoms with van der Waals surface area (Å²) in [6, 6.07) is 10.2. The topological polar surface area (TPSA) is 122 Å². The molecule has 0 saturated heterocycles. The molecule has 10 nitrogen and oxygen atoms in total. The van der Waals surface area contributed by atoms with Crippen LogP contribution < -0.4 is 20.3 Å². The molecule has 0 aliphatic rings. The predicted molar refractivity (Wildman–Crippen MR) is 132 cm³/mol. The molecule has 1 aromatic carbocycles. The Hall–Kier alpha value is -4.86. The van der Waals surface area contributed by atoms with Crippen LogP contribution >= 0.6 is 0 Å². The van der Waals surface area contributed by atoms with Crippen molar-refractivity contribution in [2.45, 2.75) is 0 Å². The zero-order valence-corrected chi connectivity index (χ0v) is 18.7. The molecule has 0 aliphatic carbocycles. The number of rotatable bonds is 9. The molecule has 2 N–H and O–H groups in total. The molecule has 0 saturated carbocycles. The Morgan fingerprint density at radius 3 is 2.56 bits per heavy atom. The molecule has 10 heteroatoms. The summed E-state index contributed by atoms with van der Waals surface area (Å²) in [5, 5.41) is 5.74. The molecule has 3 rings (SSSR count). The van der Waals surface area contributed by atoms with Crippen LogP contribution in [0.4, 0.5) is 28.8 Å². The highest BCUT2D eigenvalue weighted by atomic mass is 16.5. The molecule has 0 atom stereocenters. The molecule has 0 spiro atoms. The summed E-state index contributed by atoms with van der Waals surface area (Å²) < 4.78 is 5.07. The summed E-state index contributed by atoms with van der Waals surface area (Å²) in [7, 11) is 3.13. The summed E-state index contributed by atoms with van der Waals surface area (Å²) in [6.45, 7) is 7.06. The van der Waals surface area contributed by atoms with Crippen molar-refractivity contribution < 1.29 is 14.3 Å². The van der Waals surface area contributed by atoms with Gasteiger partial charge in [-0.05, 0) is 36.4 Å². The van der Waals surface area contributed by atoms with Crippen LogP contribution in [0.25, 0.3) is 0 Å². The molecule has 0 aliphatic heterocycles. The number of ether oxygens (including phenoxy) is 1. The van der Waals surface area contributed by atoms with Crippen molar-refractivity contribution in [1.29, 1.82) is 0 Å². The number of methoxy groups -OCH3 is 1. The summed E-state index contributed by atoms with van der Waals surface area (Å²) in [5.74, 6) is 0.149. The number of aliphatic imine (C=N–C) groups is 1. The van der Waals surface area contributed by atoms with Crippen LogP contribution in [-0.2, 0) is 9.59 Å². The van der Waals surface area contributed by atoms with Crippen molar-refractivity contribution in [3.63, 3.8) is 0 Å². The van der Waals surface area contributed by atoms with Gasteiger partial charge in [-0.1, -0.05) is 19.2 Å². The first-order valence-corrected chi connectivity index (χ1v) is 10.0. The summed E-state index contributed by atoms with van der Waals surface area (Å²) in [5.41, 5.74) is 2.05. The van der Waals surface area contributed by atoms with Gasteiger partial charge in [-0.15, -0.1) is 0 Å². The van der Waals surface area contributed by atoms with Gasteiger partial charge in [0.2, 0.25) is 17.7 Å². The lowest BCUT2D eigenvalue weighted by atomic mass is 10.2. The molecule has 0 radical (unpaired) electrons. The third-order valence-electron chi connectivity index (χ3n) is 4.43. The number of carbonyl (C=O) groups is 2. The third-order valence-corrected chi connectivity index (χ3v) is 4.43. The van der Waals surface area contributed by atoms with Gasteiger partial charge < -0.3 is 15.4 Å². The first kappa shape index (κ1) is 23.8. The van der Waals surface area contributed by atoms with Gasteiger partial charge in [0, 0.05) is 31.2 Å². The SMILES string of the molecule is C=CC(=O)Nc1cccc(N(C(=O)C=C)c2nc(Nc3ccc(OC)nc3)ncc2C=NC)c1. The first-order chi connectivity index (χ1) is 16.5. The van der Waals surface area contributed by atoms with Gasteiger partial charge in [-0.2, -0.15) is 4.98 Å². The molecule has 0 unspecified atom stereocenters. The molecule has 0 bridgehead atoms. The van der Waals surface area contributed by atoms with E-state index >= 15 is 0 Å². The monoisotopic (exact) mass is 457 g/mol. The number of benzene rings is 1. The Kier molecular flexibility index (Phi) is 7.79. The zero-order chi connectivity index (χ0) is 24.5. The number of anilines is 5. The Balaban J connectivity index is 2.07. The highest BCUT2D eigenvalue weighted by molar-refractivity contribution is 6.09. The Morgan fingerprint density at radius 2 is 1.91 bits per heavy atom. The van der Waals surface area contributed by atoms with Crippen LogP contribution in [0.5, 0.6) is 5.88 Å². The van der Waals surface area contributed by atoms with Crippen molar-refractivity contribution in [2.24, 2.45) is 4.99 Å². The van der Waals surface area contributed by atoms with Crippen molar-refractivity contribution in [2.75, 3.05) is 29.7 Å². The van der Waals surface area contributed by atoms with Gasteiger partial charge in [0.1, 0.15) is 0 Å². The second-order valence-corrected chi connectivity index (χ2v) is 6.70. The molecule has 2 aromatic heterocycles. The van der Waals surface area contributed by atoms with Crippen LogP contribution in [0.1, 0.15) is 5.56 Å². The standard InChI is InChI=1S/C24H23N7O3/c1-5-20(32)28-17-8-7-9-19(12-17)31(22(33)6-2)23-16(13-25-3)14-27-24(30-23)29-18-10-11-21(34-4)26-15-18/h5-15H,1-2H2,3-4H3,(H,28,32)(H,27,29,30). The molecular weight excluding hydrogens is 434 g/mol. The maximum Gasteiger partial charge on any atom is 0.256 e. The number of carbonyl (C=O) groups excluding carboxylic acids is 2. The van der Waals surface area contributed by atoms with Crippen LogP contribution in [-0.4, -0.2) is 47.1 Å². The Bertz CT molecular complexity index is 1240. The first-order valence-electron chi connectivity index (χ1n) is 10.0. The summed E-state index contributed by atoms with van der Waals surface area (Å²) >= 11 is 0. The van der Waals surface area contributed by atoms with E-state index in [2.05, 4.69) is 43.7 Å². The minimum absolute atomic E-state index is 0.230. The van der Waals surface area contributed by atoms with E-state index in [1.54, 1.807) is 62.1 Å². The fourth-order valence-electron chi connectivity index (χ4n) is 2.92. The van der Waals surface area contributed by atoms with Crippen molar-refractivity contribution in [3.05, 3.63) is 79.7 Å². The largest absolute Gasteiger partial charge is 0.481 e. The number of amides is 2. The van der Waals surface area contributed by atoms with Gasteiger partial charge in [0.15, 0.2) is 5.82 Å². The fraction of sp³-hybridized carbons (Fsp3) is 0.0833. The van der Waals surface area contributed by atoms with Crippen LogP contribution in [0.2, 0.25) is 0 Å². The average molecular weight is 457 g/mol. The van der Waals surface area contributed by atoms with E-state index in [4.69, 9.17) is 4.74 Å². The van der Waals surface area contributed by atoms with Crippen molar-refractivity contribution in [1.82, 2.24) is 15.0 Å². The molecule has 3 aromatic rings. The predicted octanol–water partition coefficient (Wildman–Crippen LogP) is 3.65. The minimum Gasteiger partial charge on any atom is -0.481 e. The molecule has 2 heterocycles. The van der Waals surface area contributed by atoms with E-state index in [9.17, 15) is 9.59 Å². The zero-order valence-electron chi connectivity index (χ0n) is 18.7. The Morgan fingerprint density at radius 1 is 1.09 bits per heavy atom. The molecule has 172 valence electrons. The van der Waals surface area contributed by atoms with E-state index in [-0.39, 0.29) is 17.7 Å². The van der Waals surface area contributed by atoms with Crippen LogP contribution in [0.3, 0.4) is 0 Å². The second-order valence-electron chi connectivity index (χ2n) is 6.70. The molecule has 34 heavy (non-hydrogen) atoms. The number of aromatic nitrogens is 3. The molecular formula is C24H23N7O3. The number of hydrogen-bond donors (Lipinski definition) is 2. The van der Waals surface area contributed by atoms with Gasteiger partial charge in [-0.3, -0.25) is 19.5 Å². The van der Waals surface area contributed by atoms with Gasteiger partial charge >= 0.3 is 0 Å². The number of nitrogens with one attached hydrogen (secondary N) is 2. The maximum absolute atomic E-state index is 13.0. The van der Waals surface area contributed by atoms with Crippen LogP contribution in [0, 0.1) is 0 Å². The fourth-order valence-corrected chi connectivity index (χ4v) is 2.92. The van der Waals surface area contributed by atoms with Gasteiger partial charge in [0.05, 0.1) is 30.2 Å². The highest BCUT2D eigenvalue weighted by Crippen LogP contribution is 2.30. The molecule has 2 amide bonds. The lowest BCUT2D eigenvalue weighted by Gasteiger charge is -2.23. The van der Waals surface area contributed by atoms with E-state index in [0.717, 1.165) is 6.08 Å². The van der Waals surface area contributed by atoms with Gasteiger partial charge in [0.25, 0.3) is 5.91 Å². The Labute approximate surface area is 196 Å². The van der Waals surface area contributed by atoms with E-state index in [0.29, 0.717) is 28.5 Å². The minimum atomic E-state index is -0.436. The van der Waals surface area contributed by atoms with E-state index in [1.807, 2.05) is 0 Å². The molecule has 0 fully saturated rings. The lowest BCUT2D eigenvalue weighted by Crippen LogP contribution is -2.26. The third kappa shape index (κ3) is 5.68. The lowest BCUT2D eigenvalue weighted by molar-refractivity contribution is -0.113. The smallest absolute Gasteiger partial charge is 0.256 e. The quantitative estimate of drug-likeness (QED) is 0.371. The number of hydrogen-bond acceptors (Lipinski definition) is 8. The second kappa shape index (κ2) is 11.1. The van der Waals surface area contributed by atoms with Crippen molar-refractivity contribution >= 4 is 46.9 Å². The number of pyridine rings is 1. The summed E-state index contributed by atoms with van der Waals surface area (Å²) in [6.07, 6.45) is 6.99. The van der Waals surface area contributed by atoms with Gasteiger partial charge in [-0.25, -0.2) is 9.97 Å². The highest BCUT2D eigenvalue weighted by Gasteiger charge is 2.22. The van der Waals surface area contributed by atoms with Crippen molar-refractivity contribution in [3.8, 4) is 5.88 Å². The normalized spacial score (nSPS) is 10.4. The summed E-state index contributed by atoms with van der Waals surface area (Å²) in [4.78, 5) is 43.1. The maximum atomic E-state index is 13.0. The van der Waals surface area contributed by atoms with E-state index < -0.39 is 5.91 Å².